The lowest BCUT2D eigenvalue weighted by atomic mass is 10.0. The van der Waals surface area contributed by atoms with E-state index in [9.17, 15) is 4.79 Å². The fraction of sp³-hybridized carbons (Fsp3) is 0.0952. The number of aryl methyl sites for hydroxylation is 1. The van der Waals surface area contributed by atoms with Gasteiger partial charge in [0.1, 0.15) is 5.82 Å². The number of benzene rings is 2. The number of imidazole rings is 1. The fourth-order valence-corrected chi connectivity index (χ4v) is 3.16. The summed E-state index contributed by atoms with van der Waals surface area (Å²) >= 11 is 0. The highest BCUT2D eigenvalue weighted by Crippen LogP contribution is 2.31. The minimum absolute atomic E-state index is 0.0834. The molecule has 5 nitrogen and oxygen atoms in total. The third-order valence-electron chi connectivity index (χ3n) is 4.32. The van der Waals surface area contributed by atoms with E-state index in [1.165, 1.54) is 6.92 Å². The number of carbonyl (C=O) groups is 1. The lowest BCUT2D eigenvalue weighted by Crippen LogP contribution is -2.05. The number of nitrogens with one attached hydrogen (secondary N) is 1. The number of rotatable bonds is 3. The Balaban J connectivity index is 1.84. The Morgan fingerprint density at radius 3 is 2.58 bits per heavy atom. The van der Waals surface area contributed by atoms with Crippen molar-refractivity contribution in [3.05, 3.63) is 72.7 Å². The number of aromatic nitrogens is 3. The molecule has 0 fully saturated rings. The van der Waals surface area contributed by atoms with Crippen LogP contribution in [0.4, 0.5) is 5.69 Å². The SMILES string of the molecule is CC(=O)Nc1ccc(-n2ccnc2-c2c(C)ccc3ncccc23)cc1. The van der Waals surface area contributed by atoms with Gasteiger partial charge in [-0.1, -0.05) is 12.1 Å². The summed E-state index contributed by atoms with van der Waals surface area (Å²) in [6.45, 7) is 3.58. The fourth-order valence-electron chi connectivity index (χ4n) is 3.16. The largest absolute Gasteiger partial charge is 0.326 e. The van der Waals surface area contributed by atoms with Crippen molar-refractivity contribution < 1.29 is 4.79 Å². The second kappa shape index (κ2) is 6.44. The lowest BCUT2D eigenvalue weighted by Gasteiger charge is -2.13. The number of anilines is 1. The van der Waals surface area contributed by atoms with E-state index in [0.717, 1.165) is 39.2 Å². The van der Waals surface area contributed by atoms with Crippen LogP contribution in [-0.2, 0) is 4.79 Å². The van der Waals surface area contributed by atoms with E-state index in [1.807, 2.05) is 47.2 Å². The molecule has 0 aliphatic carbocycles. The maximum Gasteiger partial charge on any atom is 0.221 e. The second-order valence-electron chi connectivity index (χ2n) is 6.18. The molecular weight excluding hydrogens is 324 g/mol. The normalized spacial score (nSPS) is 10.8. The number of hydrogen-bond donors (Lipinski definition) is 1. The maximum atomic E-state index is 11.2. The minimum atomic E-state index is -0.0834. The Bertz CT molecular complexity index is 1100. The molecule has 2 heterocycles. The molecule has 0 atom stereocenters. The predicted molar refractivity (Wildman–Crippen MR) is 103 cm³/mol. The Labute approximate surface area is 151 Å². The van der Waals surface area contributed by atoms with E-state index >= 15 is 0 Å². The molecule has 0 saturated heterocycles. The molecule has 2 aromatic carbocycles. The van der Waals surface area contributed by atoms with Gasteiger partial charge >= 0.3 is 0 Å². The average Bonchev–Trinajstić information content (AvgIpc) is 3.11. The van der Waals surface area contributed by atoms with E-state index in [0.29, 0.717) is 0 Å². The van der Waals surface area contributed by atoms with Crippen molar-refractivity contribution in [2.24, 2.45) is 0 Å². The number of carbonyl (C=O) groups excluding carboxylic acids is 1. The van der Waals surface area contributed by atoms with Crippen molar-refractivity contribution in [2.45, 2.75) is 13.8 Å². The van der Waals surface area contributed by atoms with Crippen LogP contribution in [0.5, 0.6) is 0 Å². The Kier molecular flexibility index (Phi) is 3.97. The summed E-state index contributed by atoms with van der Waals surface area (Å²) in [5.41, 5.74) is 4.92. The first-order valence-electron chi connectivity index (χ1n) is 8.39. The van der Waals surface area contributed by atoms with Crippen LogP contribution in [-0.4, -0.2) is 20.4 Å². The van der Waals surface area contributed by atoms with Gasteiger partial charge in [0.25, 0.3) is 0 Å². The lowest BCUT2D eigenvalue weighted by molar-refractivity contribution is -0.114. The number of nitrogens with zero attached hydrogens (tertiary/aromatic N) is 3. The number of hydrogen-bond acceptors (Lipinski definition) is 3. The zero-order chi connectivity index (χ0) is 18.1. The summed E-state index contributed by atoms with van der Waals surface area (Å²) in [6, 6.07) is 15.8. The molecule has 1 amide bonds. The van der Waals surface area contributed by atoms with Crippen molar-refractivity contribution >= 4 is 22.5 Å². The third kappa shape index (κ3) is 2.84. The first-order chi connectivity index (χ1) is 12.6. The van der Waals surface area contributed by atoms with E-state index in [1.54, 1.807) is 12.4 Å². The van der Waals surface area contributed by atoms with Gasteiger partial charge in [0.05, 0.1) is 5.52 Å². The summed E-state index contributed by atoms with van der Waals surface area (Å²) in [5, 5.41) is 3.86. The highest BCUT2D eigenvalue weighted by Gasteiger charge is 2.14. The topological polar surface area (TPSA) is 59.8 Å². The predicted octanol–water partition coefficient (Wildman–Crippen LogP) is 4.35. The van der Waals surface area contributed by atoms with Gasteiger partial charge in [0, 0.05) is 47.8 Å². The monoisotopic (exact) mass is 342 g/mol. The molecule has 26 heavy (non-hydrogen) atoms. The molecule has 128 valence electrons. The van der Waals surface area contributed by atoms with E-state index in [-0.39, 0.29) is 5.91 Å². The number of amides is 1. The van der Waals surface area contributed by atoms with Crippen molar-refractivity contribution in [2.75, 3.05) is 5.32 Å². The maximum absolute atomic E-state index is 11.2. The van der Waals surface area contributed by atoms with Crippen LogP contribution in [0.15, 0.2) is 67.1 Å². The highest BCUT2D eigenvalue weighted by molar-refractivity contribution is 5.95. The van der Waals surface area contributed by atoms with Crippen LogP contribution in [0.1, 0.15) is 12.5 Å². The number of pyridine rings is 1. The molecule has 4 rings (SSSR count). The molecular formula is C21H18N4O. The standard InChI is InChI=1S/C21H18N4O/c1-14-5-10-19-18(4-3-11-22-19)20(14)21-23-12-13-25(21)17-8-6-16(7-9-17)24-15(2)26/h3-13H,1-2H3,(H,24,26). The second-order valence-corrected chi connectivity index (χ2v) is 6.18. The Hall–Kier alpha value is -3.47. The van der Waals surface area contributed by atoms with Gasteiger partial charge in [0.15, 0.2) is 0 Å². The average molecular weight is 342 g/mol. The van der Waals surface area contributed by atoms with Crippen molar-refractivity contribution in [1.82, 2.24) is 14.5 Å². The summed E-state index contributed by atoms with van der Waals surface area (Å²) in [5.74, 6) is 0.785. The minimum Gasteiger partial charge on any atom is -0.326 e. The van der Waals surface area contributed by atoms with E-state index in [4.69, 9.17) is 0 Å². The van der Waals surface area contributed by atoms with Gasteiger partial charge in [-0.25, -0.2) is 4.98 Å². The van der Waals surface area contributed by atoms with E-state index in [2.05, 4.69) is 34.3 Å². The summed E-state index contributed by atoms with van der Waals surface area (Å²) in [4.78, 5) is 20.3. The first kappa shape index (κ1) is 16.0. The quantitative estimate of drug-likeness (QED) is 0.602. The molecule has 0 saturated carbocycles. The van der Waals surface area contributed by atoms with Gasteiger partial charge in [-0.05, 0) is 48.9 Å². The smallest absolute Gasteiger partial charge is 0.221 e. The van der Waals surface area contributed by atoms with Crippen LogP contribution in [0.25, 0.3) is 28.0 Å². The molecule has 0 aliphatic heterocycles. The van der Waals surface area contributed by atoms with Crippen LogP contribution >= 0.6 is 0 Å². The summed E-state index contributed by atoms with van der Waals surface area (Å²) in [7, 11) is 0. The van der Waals surface area contributed by atoms with Crippen molar-refractivity contribution in [3.8, 4) is 17.1 Å². The van der Waals surface area contributed by atoms with Crippen LogP contribution in [0, 0.1) is 6.92 Å². The van der Waals surface area contributed by atoms with Crippen LogP contribution < -0.4 is 5.32 Å². The molecule has 4 aromatic rings. The van der Waals surface area contributed by atoms with Gasteiger partial charge < -0.3 is 5.32 Å². The zero-order valence-corrected chi connectivity index (χ0v) is 14.6. The van der Waals surface area contributed by atoms with Gasteiger partial charge in [0.2, 0.25) is 5.91 Å². The van der Waals surface area contributed by atoms with Crippen LogP contribution in [0.3, 0.4) is 0 Å². The van der Waals surface area contributed by atoms with Gasteiger partial charge in [-0.15, -0.1) is 0 Å². The zero-order valence-electron chi connectivity index (χ0n) is 14.6. The Morgan fingerprint density at radius 1 is 1.00 bits per heavy atom. The number of fused-ring (bicyclic) bond motifs is 1. The van der Waals surface area contributed by atoms with E-state index < -0.39 is 0 Å². The molecule has 5 heteroatoms. The third-order valence-corrected chi connectivity index (χ3v) is 4.32. The van der Waals surface area contributed by atoms with Gasteiger partial charge in [-0.3, -0.25) is 14.3 Å². The van der Waals surface area contributed by atoms with Crippen molar-refractivity contribution in [3.63, 3.8) is 0 Å². The summed E-state index contributed by atoms with van der Waals surface area (Å²) < 4.78 is 2.05. The molecule has 2 aromatic heterocycles. The molecule has 0 unspecified atom stereocenters. The molecule has 0 spiro atoms. The Morgan fingerprint density at radius 2 is 1.81 bits per heavy atom. The molecule has 0 aliphatic rings. The first-order valence-corrected chi connectivity index (χ1v) is 8.39. The molecule has 0 radical (unpaired) electrons. The highest BCUT2D eigenvalue weighted by atomic mass is 16.1. The van der Waals surface area contributed by atoms with Gasteiger partial charge in [-0.2, -0.15) is 0 Å². The molecule has 0 bridgehead atoms. The molecule has 1 N–H and O–H groups in total. The summed E-state index contributed by atoms with van der Waals surface area (Å²) in [6.07, 6.45) is 5.54. The van der Waals surface area contributed by atoms with Crippen molar-refractivity contribution in [1.29, 1.82) is 0 Å². The van der Waals surface area contributed by atoms with Crippen LogP contribution in [0.2, 0.25) is 0 Å².